The number of hydrogen-bond acceptors (Lipinski definition) is 3. The van der Waals surface area contributed by atoms with Gasteiger partial charge in [-0.2, -0.15) is 0 Å². The van der Waals surface area contributed by atoms with Crippen LogP contribution in [0, 0.1) is 0 Å². The molecule has 1 aromatic rings. The van der Waals surface area contributed by atoms with Gasteiger partial charge in [-0.3, -0.25) is 4.79 Å². The highest BCUT2D eigenvalue weighted by Gasteiger charge is 2.20. The molecule has 1 aliphatic rings. The van der Waals surface area contributed by atoms with Crippen molar-refractivity contribution in [2.45, 2.75) is 62.3 Å². The SMILES string of the molecule is C[C@H](CC(=O)O)NS(=O)(=O)c1ccc(C2CCCCC2)cc1. The van der Waals surface area contributed by atoms with Crippen LogP contribution in [0.15, 0.2) is 29.2 Å². The highest BCUT2D eigenvalue weighted by atomic mass is 32.2. The maximum absolute atomic E-state index is 12.2. The number of carboxylic acids is 1. The molecule has 1 atom stereocenters. The summed E-state index contributed by atoms with van der Waals surface area (Å²) >= 11 is 0. The van der Waals surface area contributed by atoms with E-state index in [1.54, 1.807) is 19.1 Å². The summed E-state index contributed by atoms with van der Waals surface area (Å²) in [5.41, 5.74) is 1.19. The van der Waals surface area contributed by atoms with Crippen molar-refractivity contribution in [1.29, 1.82) is 0 Å². The van der Waals surface area contributed by atoms with E-state index in [-0.39, 0.29) is 11.3 Å². The average Bonchev–Trinajstić information content (AvgIpc) is 2.47. The average molecular weight is 325 g/mol. The zero-order chi connectivity index (χ0) is 16.2. The highest BCUT2D eigenvalue weighted by molar-refractivity contribution is 7.89. The van der Waals surface area contributed by atoms with E-state index < -0.39 is 22.0 Å². The van der Waals surface area contributed by atoms with Gasteiger partial charge in [0.15, 0.2) is 0 Å². The lowest BCUT2D eigenvalue weighted by atomic mass is 9.84. The van der Waals surface area contributed by atoms with Gasteiger partial charge in [0, 0.05) is 6.04 Å². The second-order valence-electron chi connectivity index (χ2n) is 6.02. The van der Waals surface area contributed by atoms with Crippen molar-refractivity contribution < 1.29 is 18.3 Å². The summed E-state index contributed by atoms with van der Waals surface area (Å²) < 4.78 is 26.8. The van der Waals surface area contributed by atoms with E-state index in [1.165, 1.54) is 37.7 Å². The number of aliphatic carboxylic acids is 1. The summed E-state index contributed by atoms with van der Waals surface area (Å²) in [4.78, 5) is 10.8. The number of hydrogen-bond donors (Lipinski definition) is 2. The normalized spacial score (nSPS) is 18.0. The second kappa shape index (κ2) is 7.24. The van der Waals surface area contributed by atoms with Crippen LogP contribution in [0.1, 0.15) is 56.9 Å². The minimum atomic E-state index is -3.67. The summed E-state index contributed by atoms with van der Waals surface area (Å²) in [6.07, 6.45) is 5.85. The number of carbonyl (C=O) groups is 1. The maximum Gasteiger partial charge on any atom is 0.304 e. The minimum Gasteiger partial charge on any atom is -0.481 e. The predicted octanol–water partition coefficient (Wildman–Crippen LogP) is 2.88. The molecule has 1 aliphatic carbocycles. The van der Waals surface area contributed by atoms with Crippen molar-refractivity contribution >= 4 is 16.0 Å². The van der Waals surface area contributed by atoms with Gasteiger partial charge in [-0.25, -0.2) is 13.1 Å². The first-order valence-corrected chi connectivity index (χ1v) is 9.21. The third kappa shape index (κ3) is 4.55. The van der Waals surface area contributed by atoms with Crippen LogP contribution < -0.4 is 4.72 Å². The quantitative estimate of drug-likeness (QED) is 0.842. The first kappa shape index (κ1) is 17.0. The van der Waals surface area contributed by atoms with Gasteiger partial charge in [0.1, 0.15) is 0 Å². The fourth-order valence-electron chi connectivity index (χ4n) is 2.99. The van der Waals surface area contributed by atoms with Gasteiger partial charge in [-0.15, -0.1) is 0 Å². The maximum atomic E-state index is 12.2. The molecule has 1 saturated carbocycles. The van der Waals surface area contributed by atoms with Crippen LogP contribution in [0.2, 0.25) is 0 Å². The number of sulfonamides is 1. The Morgan fingerprint density at radius 2 is 1.82 bits per heavy atom. The third-order valence-corrected chi connectivity index (χ3v) is 5.71. The Morgan fingerprint density at radius 3 is 2.36 bits per heavy atom. The molecule has 0 spiro atoms. The minimum absolute atomic E-state index is 0.185. The largest absolute Gasteiger partial charge is 0.481 e. The fraction of sp³-hybridized carbons (Fsp3) is 0.562. The molecule has 0 saturated heterocycles. The Kier molecular flexibility index (Phi) is 5.58. The summed E-state index contributed by atoms with van der Waals surface area (Å²) in [6.45, 7) is 1.54. The molecule has 122 valence electrons. The summed E-state index contributed by atoms with van der Waals surface area (Å²) in [5.74, 6) is -0.493. The molecule has 0 radical (unpaired) electrons. The molecular formula is C16H23NO4S. The van der Waals surface area contributed by atoms with Gasteiger partial charge in [-0.1, -0.05) is 31.4 Å². The molecule has 0 bridgehead atoms. The molecule has 0 unspecified atom stereocenters. The monoisotopic (exact) mass is 325 g/mol. The molecule has 1 aromatic carbocycles. The molecule has 22 heavy (non-hydrogen) atoms. The van der Waals surface area contributed by atoms with Crippen molar-refractivity contribution in [3.8, 4) is 0 Å². The Bertz CT molecular complexity index is 604. The van der Waals surface area contributed by atoms with E-state index in [4.69, 9.17) is 5.11 Å². The molecule has 0 aromatic heterocycles. The van der Waals surface area contributed by atoms with Crippen LogP contribution in [0.3, 0.4) is 0 Å². The Hall–Kier alpha value is -1.40. The number of nitrogens with one attached hydrogen (secondary N) is 1. The van der Waals surface area contributed by atoms with Crippen molar-refractivity contribution in [2.75, 3.05) is 0 Å². The zero-order valence-electron chi connectivity index (χ0n) is 12.8. The van der Waals surface area contributed by atoms with Crippen LogP contribution in [-0.4, -0.2) is 25.5 Å². The van der Waals surface area contributed by atoms with E-state index in [0.717, 1.165) is 0 Å². The van der Waals surface area contributed by atoms with Crippen molar-refractivity contribution in [3.05, 3.63) is 29.8 Å². The third-order valence-electron chi connectivity index (χ3n) is 4.10. The Labute approximate surface area is 131 Å². The summed E-state index contributed by atoms with van der Waals surface area (Å²) in [6, 6.07) is 6.35. The van der Waals surface area contributed by atoms with E-state index in [2.05, 4.69) is 4.72 Å². The molecule has 0 heterocycles. The van der Waals surface area contributed by atoms with E-state index in [0.29, 0.717) is 5.92 Å². The van der Waals surface area contributed by atoms with E-state index in [1.807, 2.05) is 12.1 Å². The topological polar surface area (TPSA) is 83.5 Å². The fourth-order valence-corrected chi connectivity index (χ4v) is 4.24. The molecule has 2 rings (SSSR count). The van der Waals surface area contributed by atoms with Gasteiger partial charge in [-0.05, 0) is 43.4 Å². The lowest BCUT2D eigenvalue weighted by Gasteiger charge is -2.22. The summed E-state index contributed by atoms with van der Waals surface area (Å²) in [5, 5.41) is 8.70. The van der Waals surface area contributed by atoms with Crippen molar-refractivity contribution in [1.82, 2.24) is 4.72 Å². The zero-order valence-corrected chi connectivity index (χ0v) is 13.6. The lowest BCUT2D eigenvalue weighted by molar-refractivity contribution is -0.137. The van der Waals surface area contributed by atoms with Crippen LogP contribution >= 0.6 is 0 Å². The Morgan fingerprint density at radius 1 is 1.23 bits per heavy atom. The van der Waals surface area contributed by atoms with Crippen LogP contribution in [0.5, 0.6) is 0 Å². The molecule has 6 heteroatoms. The molecular weight excluding hydrogens is 302 g/mol. The van der Waals surface area contributed by atoms with E-state index >= 15 is 0 Å². The van der Waals surface area contributed by atoms with Crippen molar-refractivity contribution in [2.24, 2.45) is 0 Å². The summed E-state index contributed by atoms with van der Waals surface area (Å²) in [7, 11) is -3.67. The van der Waals surface area contributed by atoms with Crippen LogP contribution in [0.4, 0.5) is 0 Å². The number of rotatable bonds is 6. The standard InChI is InChI=1S/C16H23NO4S/c1-12(11-16(18)19)17-22(20,21)15-9-7-14(8-10-15)13-5-3-2-4-6-13/h7-10,12-13,17H,2-6,11H2,1H3,(H,18,19)/t12-/m1/s1. The van der Waals surface area contributed by atoms with E-state index in [9.17, 15) is 13.2 Å². The first-order valence-electron chi connectivity index (χ1n) is 7.72. The molecule has 1 fully saturated rings. The smallest absolute Gasteiger partial charge is 0.304 e. The molecule has 0 aliphatic heterocycles. The molecule has 2 N–H and O–H groups in total. The van der Waals surface area contributed by atoms with Gasteiger partial charge in [0.05, 0.1) is 11.3 Å². The van der Waals surface area contributed by atoms with Crippen LogP contribution in [0.25, 0.3) is 0 Å². The van der Waals surface area contributed by atoms with Gasteiger partial charge in [0.25, 0.3) is 0 Å². The molecule has 0 amide bonds. The molecule has 5 nitrogen and oxygen atoms in total. The van der Waals surface area contributed by atoms with Crippen LogP contribution in [-0.2, 0) is 14.8 Å². The van der Waals surface area contributed by atoms with Gasteiger partial charge in [0.2, 0.25) is 10.0 Å². The predicted molar refractivity (Wildman–Crippen MR) is 84.3 cm³/mol. The van der Waals surface area contributed by atoms with Gasteiger partial charge >= 0.3 is 5.97 Å². The number of carboxylic acid groups (broad SMARTS) is 1. The Balaban J connectivity index is 2.06. The lowest BCUT2D eigenvalue weighted by Crippen LogP contribution is -2.34. The second-order valence-corrected chi connectivity index (χ2v) is 7.74. The van der Waals surface area contributed by atoms with Gasteiger partial charge < -0.3 is 5.11 Å². The number of benzene rings is 1. The van der Waals surface area contributed by atoms with Crippen molar-refractivity contribution in [3.63, 3.8) is 0 Å². The first-order chi connectivity index (χ1) is 10.4. The highest BCUT2D eigenvalue weighted by Crippen LogP contribution is 2.32.